The average Bonchev–Trinajstić information content (AvgIpc) is 3.27. The summed E-state index contributed by atoms with van der Waals surface area (Å²) in [4.78, 5) is 37.9. The lowest BCUT2D eigenvalue weighted by Gasteiger charge is -2.18. The summed E-state index contributed by atoms with van der Waals surface area (Å²) in [5.74, 6) is -0.960. The van der Waals surface area contributed by atoms with Crippen molar-refractivity contribution in [2.45, 2.75) is 239 Å². The molecule has 62 heavy (non-hydrogen) atoms. The summed E-state index contributed by atoms with van der Waals surface area (Å²) in [7, 11) is 0. The molecule has 0 aromatic rings. The molecule has 0 radical (unpaired) electrons. The summed E-state index contributed by atoms with van der Waals surface area (Å²) < 4.78 is 16.7. The first-order valence-electron chi connectivity index (χ1n) is 25.6. The van der Waals surface area contributed by atoms with E-state index >= 15 is 0 Å². The van der Waals surface area contributed by atoms with Crippen molar-refractivity contribution in [2.75, 3.05) is 13.2 Å². The van der Waals surface area contributed by atoms with E-state index in [0.29, 0.717) is 19.3 Å². The number of allylic oxidation sites excluding steroid dienone is 14. The van der Waals surface area contributed by atoms with Crippen molar-refractivity contribution in [3.8, 4) is 0 Å². The standard InChI is InChI=1S/C56H94O6/c1-4-7-10-13-16-19-22-25-27-28-29-32-34-37-40-43-46-49-55(58)61-52-53(51-60-54(57)48-45-42-39-36-33-30-24-21-18-15-12-9-6-3)62-56(59)50-47-44-41-38-35-31-26-23-20-17-14-11-8-5-2/h8-9,11-12,15,17-18,20-21,24,26,30-31,33,53H,4-7,10,13-14,16,19,22-23,25,27-29,32,34-52H2,1-3H3/b11-8+,12-9+,18-15+,20-17+,24-21+,31-26+,33-30+. The summed E-state index contributed by atoms with van der Waals surface area (Å²) >= 11 is 0. The highest BCUT2D eigenvalue weighted by atomic mass is 16.6. The predicted molar refractivity (Wildman–Crippen MR) is 265 cm³/mol. The van der Waals surface area contributed by atoms with Gasteiger partial charge in [-0.2, -0.15) is 0 Å². The predicted octanol–water partition coefficient (Wildman–Crippen LogP) is 16.8. The third-order valence-corrected chi connectivity index (χ3v) is 10.7. The van der Waals surface area contributed by atoms with Crippen LogP contribution in [0.2, 0.25) is 0 Å². The van der Waals surface area contributed by atoms with Crippen LogP contribution in [0.1, 0.15) is 233 Å². The second kappa shape index (κ2) is 50.2. The third-order valence-electron chi connectivity index (χ3n) is 10.7. The minimum atomic E-state index is -0.802. The maximum atomic E-state index is 12.8. The van der Waals surface area contributed by atoms with Crippen LogP contribution in [0.5, 0.6) is 0 Å². The Labute approximate surface area is 382 Å². The van der Waals surface area contributed by atoms with Gasteiger partial charge in [-0.25, -0.2) is 0 Å². The summed E-state index contributed by atoms with van der Waals surface area (Å²) in [6.07, 6.45) is 64.3. The van der Waals surface area contributed by atoms with Crippen molar-refractivity contribution in [1.82, 2.24) is 0 Å². The Morgan fingerprint density at radius 1 is 0.355 bits per heavy atom. The van der Waals surface area contributed by atoms with E-state index in [9.17, 15) is 14.4 Å². The number of rotatable bonds is 45. The molecular weight excluding hydrogens is 769 g/mol. The largest absolute Gasteiger partial charge is 0.462 e. The van der Waals surface area contributed by atoms with Gasteiger partial charge >= 0.3 is 17.9 Å². The van der Waals surface area contributed by atoms with Crippen LogP contribution in [0.3, 0.4) is 0 Å². The monoisotopic (exact) mass is 863 g/mol. The minimum Gasteiger partial charge on any atom is -0.462 e. The first kappa shape index (κ1) is 58.6. The van der Waals surface area contributed by atoms with Gasteiger partial charge in [0.05, 0.1) is 0 Å². The summed E-state index contributed by atoms with van der Waals surface area (Å²) in [6.45, 7) is 6.33. The van der Waals surface area contributed by atoms with Gasteiger partial charge in [-0.3, -0.25) is 14.4 Å². The molecule has 0 aliphatic rings. The molecule has 0 aliphatic heterocycles. The molecule has 0 N–H and O–H groups in total. The lowest BCUT2D eigenvalue weighted by Crippen LogP contribution is -2.30. The number of esters is 3. The minimum absolute atomic E-state index is 0.0974. The van der Waals surface area contributed by atoms with Crippen molar-refractivity contribution in [2.24, 2.45) is 0 Å². The number of unbranched alkanes of at least 4 members (excludes halogenated alkanes) is 23. The van der Waals surface area contributed by atoms with Gasteiger partial charge in [0.25, 0.3) is 0 Å². The third kappa shape index (κ3) is 47.6. The summed E-state index contributed by atoms with van der Waals surface area (Å²) in [6, 6.07) is 0. The van der Waals surface area contributed by atoms with E-state index in [1.807, 2.05) is 36.5 Å². The van der Waals surface area contributed by atoms with E-state index < -0.39 is 6.10 Å². The molecule has 0 aromatic carbocycles. The van der Waals surface area contributed by atoms with E-state index in [1.54, 1.807) is 0 Å². The molecule has 0 aliphatic carbocycles. The van der Waals surface area contributed by atoms with Crippen molar-refractivity contribution in [3.05, 3.63) is 85.1 Å². The highest BCUT2D eigenvalue weighted by Gasteiger charge is 2.19. The second-order valence-electron chi connectivity index (χ2n) is 16.8. The number of ether oxygens (including phenoxy) is 3. The molecule has 1 unspecified atom stereocenters. The van der Waals surface area contributed by atoms with E-state index in [1.165, 1.54) is 89.9 Å². The smallest absolute Gasteiger partial charge is 0.306 e. The Morgan fingerprint density at radius 2 is 0.710 bits per heavy atom. The highest BCUT2D eigenvalue weighted by molar-refractivity contribution is 5.71. The molecule has 0 amide bonds. The number of hydrogen-bond acceptors (Lipinski definition) is 6. The van der Waals surface area contributed by atoms with E-state index in [4.69, 9.17) is 14.2 Å². The topological polar surface area (TPSA) is 78.9 Å². The molecule has 0 bridgehead atoms. The Kier molecular flexibility index (Phi) is 47.5. The van der Waals surface area contributed by atoms with Gasteiger partial charge in [-0.1, -0.05) is 228 Å². The van der Waals surface area contributed by atoms with E-state index in [2.05, 4.69) is 69.4 Å². The van der Waals surface area contributed by atoms with Gasteiger partial charge in [0, 0.05) is 19.3 Å². The van der Waals surface area contributed by atoms with Crippen LogP contribution in [-0.4, -0.2) is 37.2 Å². The fraction of sp³-hybridized carbons (Fsp3) is 0.696. The van der Waals surface area contributed by atoms with Crippen molar-refractivity contribution >= 4 is 17.9 Å². The van der Waals surface area contributed by atoms with Crippen LogP contribution in [0, 0.1) is 0 Å². The normalized spacial score (nSPS) is 12.8. The summed E-state index contributed by atoms with van der Waals surface area (Å²) in [5.41, 5.74) is 0. The van der Waals surface area contributed by atoms with Crippen LogP contribution in [-0.2, 0) is 28.6 Å². The Hall–Kier alpha value is -3.41. The molecule has 0 heterocycles. The lowest BCUT2D eigenvalue weighted by molar-refractivity contribution is -0.167. The summed E-state index contributed by atoms with van der Waals surface area (Å²) in [5, 5.41) is 0. The quantitative estimate of drug-likeness (QED) is 0.0199. The van der Waals surface area contributed by atoms with E-state index in [-0.39, 0.29) is 31.1 Å². The van der Waals surface area contributed by atoms with Gasteiger partial charge in [-0.05, 0) is 70.6 Å². The average molecular weight is 863 g/mol. The van der Waals surface area contributed by atoms with Crippen LogP contribution >= 0.6 is 0 Å². The Bertz CT molecular complexity index is 1220. The molecule has 0 spiro atoms. The highest BCUT2D eigenvalue weighted by Crippen LogP contribution is 2.15. The number of carbonyl (C=O) groups excluding carboxylic acids is 3. The second-order valence-corrected chi connectivity index (χ2v) is 16.8. The van der Waals surface area contributed by atoms with Crippen LogP contribution in [0.25, 0.3) is 0 Å². The SMILES string of the molecule is CC/C=C/C=C/C=C/C=C/CCCCCC(=O)OCC(COC(=O)CCCCCCCCCCCCCCCCCCC)OC(=O)CCCCCC/C=C/C/C=C/C/C=C/CC. The molecular formula is C56H94O6. The Morgan fingerprint density at radius 3 is 1.19 bits per heavy atom. The molecule has 0 saturated heterocycles. The molecule has 6 heteroatoms. The number of carbonyl (C=O) groups is 3. The van der Waals surface area contributed by atoms with Gasteiger partial charge in [0.1, 0.15) is 13.2 Å². The molecule has 1 atom stereocenters. The lowest BCUT2D eigenvalue weighted by atomic mass is 10.0. The number of hydrogen-bond donors (Lipinski definition) is 0. The van der Waals surface area contributed by atoms with Gasteiger partial charge < -0.3 is 14.2 Å². The van der Waals surface area contributed by atoms with Crippen LogP contribution < -0.4 is 0 Å². The van der Waals surface area contributed by atoms with Gasteiger partial charge in [0.15, 0.2) is 6.10 Å². The van der Waals surface area contributed by atoms with Crippen LogP contribution in [0.15, 0.2) is 85.1 Å². The molecule has 6 nitrogen and oxygen atoms in total. The molecule has 0 fully saturated rings. The van der Waals surface area contributed by atoms with Crippen molar-refractivity contribution < 1.29 is 28.6 Å². The first-order chi connectivity index (χ1) is 30.5. The van der Waals surface area contributed by atoms with Gasteiger partial charge in [-0.15, -0.1) is 0 Å². The van der Waals surface area contributed by atoms with Crippen molar-refractivity contribution in [1.29, 1.82) is 0 Å². The zero-order chi connectivity index (χ0) is 45.1. The zero-order valence-electron chi connectivity index (χ0n) is 40.4. The maximum absolute atomic E-state index is 12.8. The van der Waals surface area contributed by atoms with E-state index in [0.717, 1.165) is 103 Å². The maximum Gasteiger partial charge on any atom is 0.306 e. The molecule has 354 valence electrons. The fourth-order valence-corrected chi connectivity index (χ4v) is 6.94. The Balaban J connectivity index is 4.44. The fourth-order valence-electron chi connectivity index (χ4n) is 6.94. The van der Waals surface area contributed by atoms with Crippen LogP contribution in [0.4, 0.5) is 0 Å². The first-order valence-corrected chi connectivity index (χ1v) is 25.6. The van der Waals surface area contributed by atoms with Gasteiger partial charge in [0.2, 0.25) is 0 Å². The molecule has 0 rings (SSSR count). The zero-order valence-corrected chi connectivity index (χ0v) is 40.4. The van der Waals surface area contributed by atoms with Crippen molar-refractivity contribution in [3.63, 3.8) is 0 Å². The molecule has 0 saturated carbocycles. The molecule has 0 aromatic heterocycles.